The van der Waals surface area contributed by atoms with Gasteiger partial charge in [-0.15, -0.1) is 0 Å². The molecule has 0 aliphatic heterocycles. The summed E-state index contributed by atoms with van der Waals surface area (Å²) in [6, 6.07) is 16.3. The van der Waals surface area contributed by atoms with Gasteiger partial charge in [-0.1, -0.05) is 35.5 Å². The first-order chi connectivity index (χ1) is 13.9. The fourth-order valence-corrected chi connectivity index (χ4v) is 3.88. The molecular weight excluding hydrogens is 394 g/mol. The Balaban J connectivity index is 1.67. The minimum atomic E-state index is -3.68. The first kappa shape index (κ1) is 20.7. The molecule has 0 saturated heterocycles. The molecule has 0 fully saturated rings. The predicted octanol–water partition coefficient (Wildman–Crippen LogP) is 2.91. The molecule has 1 amide bonds. The second-order valence-electron chi connectivity index (χ2n) is 6.40. The van der Waals surface area contributed by atoms with Gasteiger partial charge >= 0.3 is 0 Å². The number of nitrogens with one attached hydrogen (secondary N) is 2. The van der Waals surface area contributed by atoms with Crippen molar-refractivity contribution in [1.82, 2.24) is 9.88 Å². The molecule has 0 radical (unpaired) electrons. The zero-order chi connectivity index (χ0) is 20.9. The van der Waals surface area contributed by atoms with Gasteiger partial charge in [-0.3, -0.25) is 4.79 Å². The minimum Gasteiger partial charge on any atom is -0.383 e. The molecule has 3 aromatic rings. The first-order valence-electron chi connectivity index (χ1n) is 8.84. The van der Waals surface area contributed by atoms with E-state index in [1.807, 2.05) is 30.3 Å². The van der Waals surface area contributed by atoms with E-state index in [1.54, 1.807) is 13.0 Å². The molecule has 0 aliphatic rings. The molecule has 8 nitrogen and oxygen atoms in total. The largest absolute Gasteiger partial charge is 0.383 e. The molecular formula is C20H21N3O5S. The molecule has 3 rings (SSSR count). The number of methoxy groups -OCH3 is 1. The fraction of sp³-hybridized carbons (Fsp3) is 0.200. The number of hydrogen-bond donors (Lipinski definition) is 2. The van der Waals surface area contributed by atoms with E-state index in [-0.39, 0.29) is 23.3 Å². The lowest BCUT2D eigenvalue weighted by atomic mass is 10.1. The van der Waals surface area contributed by atoms with Gasteiger partial charge in [0.1, 0.15) is 5.69 Å². The number of ether oxygens (including phenoxy) is 1. The summed E-state index contributed by atoms with van der Waals surface area (Å²) >= 11 is 0. The Morgan fingerprint density at radius 1 is 1.14 bits per heavy atom. The third kappa shape index (κ3) is 5.29. The maximum absolute atomic E-state index is 12.4. The van der Waals surface area contributed by atoms with Gasteiger partial charge in [-0.05, 0) is 31.2 Å². The van der Waals surface area contributed by atoms with Crippen LogP contribution in [0.1, 0.15) is 17.5 Å². The number of anilines is 1. The van der Waals surface area contributed by atoms with Crippen molar-refractivity contribution < 1.29 is 22.5 Å². The highest BCUT2D eigenvalue weighted by atomic mass is 32.2. The molecule has 2 N–H and O–H groups in total. The van der Waals surface area contributed by atoms with Gasteiger partial charge in [0.2, 0.25) is 15.8 Å². The van der Waals surface area contributed by atoms with Crippen molar-refractivity contribution >= 4 is 21.6 Å². The topological polar surface area (TPSA) is 111 Å². The van der Waals surface area contributed by atoms with Crippen LogP contribution in [0.4, 0.5) is 5.69 Å². The molecule has 9 heteroatoms. The van der Waals surface area contributed by atoms with E-state index in [0.717, 1.165) is 5.56 Å². The quantitative estimate of drug-likeness (QED) is 0.585. The molecule has 1 heterocycles. The van der Waals surface area contributed by atoms with Crippen molar-refractivity contribution in [3.63, 3.8) is 0 Å². The van der Waals surface area contributed by atoms with E-state index >= 15 is 0 Å². The smallest absolute Gasteiger partial charge is 0.294 e. The van der Waals surface area contributed by atoms with Crippen LogP contribution >= 0.6 is 0 Å². The number of rotatable bonds is 8. The summed E-state index contributed by atoms with van der Waals surface area (Å²) in [6.45, 7) is 1.96. The summed E-state index contributed by atoms with van der Waals surface area (Å²) in [7, 11) is -2.18. The molecule has 29 heavy (non-hydrogen) atoms. The van der Waals surface area contributed by atoms with Crippen LogP contribution in [0.2, 0.25) is 0 Å². The van der Waals surface area contributed by atoms with Crippen LogP contribution in [0.15, 0.2) is 70.1 Å². The van der Waals surface area contributed by atoms with Crippen LogP contribution in [0.25, 0.3) is 11.3 Å². The highest BCUT2D eigenvalue weighted by molar-refractivity contribution is 7.89. The summed E-state index contributed by atoms with van der Waals surface area (Å²) in [4.78, 5) is 12.5. The lowest BCUT2D eigenvalue weighted by molar-refractivity contribution is 0.0988. The van der Waals surface area contributed by atoms with Crippen molar-refractivity contribution in [2.45, 2.75) is 17.9 Å². The number of aromatic nitrogens is 1. The average molecular weight is 415 g/mol. The van der Waals surface area contributed by atoms with Gasteiger partial charge in [-0.25, -0.2) is 13.1 Å². The number of amides is 1. The Labute approximate surface area is 168 Å². The molecule has 0 bridgehead atoms. The molecule has 2 aromatic carbocycles. The Morgan fingerprint density at radius 2 is 1.83 bits per heavy atom. The zero-order valence-corrected chi connectivity index (χ0v) is 16.8. The Hall–Kier alpha value is -3.01. The van der Waals surface area contributed by atoms with E-state index < -0.39 is 15.9 Å². The monoisotopic (exact) mass is 415 g/mol. The van der Waals surface area contributed by atoms with Gasteiger partial charge in [-0.2, -0.15) is 0 Å². The van der Waals surface area contributed by atoms with E-state index in [9.17, 15) is 13.2 Å². The Kier molecular flexibility index (Phi) is 6.42. The molecule has 1 aromatic heterocycles. The summed E-state index contributed by atoms with van der Waals surface area (Å²) in [5, 5.41) is 6.56. The van der Waals surface area contributed by atoms with Gasteiger partial charge in [0.05, 0.1) is 11.5 Å². The second kappa shape index (κ2) is 8.99. The van der Waals surface area contributed by atoms with E-state index in [2.05, 4.69) is 15.2 Å². The lowest BCUT2D eigenvalue weighted by Crippen LogP contribution is -2.35. The van der Waals surface area contributed by atoms with Crippen molar-refractivity contribution in [2.75, 3.05) is 19.0 Å². The lowest BCUT2D eigenvalue weighted by Gasteiger charge is -2.13. The van der Waals surface area contributed by atoms with Crippen LogP contribution < -0.4 is 10.0 Å². The number of carbonyl (C=O) groups excluding carboxylic acids is 1. The molecule has 1 atom stereocenters. The van der Waals surface area contributed by atoms with Gasteiger partial charge < -0.3 is 14.6 Å². The maximum atomic E-state index is 12.4. The summed E-state index contributed by atoms with van der Waals surface area (Å²) < 4.78 is 37.2. The molecule has 1 unspecified atom stereocenters. The summed E-state index contributed by atoms with van der Waals surface area (Å²) in [5.74, 6) is -0.433. The Bertz CT molecular complexity index is 1060. The average Bonchev–Trinajstić information content (AvgIpc) is 3.19. The van der Waals surface area contributed by atoms with Crippen molar-refractivity contribution in [3.05, 3.63) is 66.4 Å². The van der Waals surface area contributed by atoms with Crippen molar-refractivity contribution in [3.8, 4) is 11.3 Å². The minimum absolute atomic E-state index is 0.0515. The first-order valence-corrected chi connectivity index (χ1v) is 10.3. The third-order valence-electron chi connectivity index (χ3n) is 4.00. The second-order valence-corrected chi connectivity index (χ2v) is 8.11. The maximum Gasteiger partial charge on any atom is 0.294 e. The van der Waals surface area contributed by atoms with E-state index in [4.69, 9.17) is 9.26 Å². The third-order valence-corrected chi connectivity index (χ3v) is 5.60. The standard InChI is InChI=1S/C20H21N3O5S/c1-14(13-27-2)23-29(25,26)17-10-8-16(9-11-17)21-20(24)19-12-18(22-28-19)15-6-4-3-5-7-15/h3-12,14,23H,13H2,1-2H3,(H,21,24). The molecule has 0 aliphatic carbocycles. The van der Waals surface area contributed by atoms with Crippen LogP contribution in [0.5, 0.6) is 0 Å². The number of sulfonamides is 1. The highest BCUT2D eigenvalue weighted by Gasteiger charge is 2.18. The van der Waals surface area contributed by atoms with Gasteiger partial charge in [0.25, 0.3) is 5.91 Å². The van der Waals surface area contributed by atoms with Crippen molar-refractivity contribution in [1.29, 1.82) is 0 Å². The molecule has 0 spiro atoms. The number of carbonyl (C=O) groups is 1. The van der Waals surface area contributed by atoms with Crippen LogP contribution in [0.3, 0.4) is 0 Å². The molecule has 152 valence electrons. The highest BCUT2D eigenvalue weighted by Crippen LogP contribution is 2.20. The number of hydrogen-bond acceptors (Lipinski definition) is 6. The van der Waals surface area contributed by atoms with Crippen LogP contribution in [-0.2, 0) is 14.8 Å². The van der Waals surface area contributed by atoms with Crippen LogP contribution in [0, 0.1) is 0 Å². The van der Waals surface area contributed by atoms with Crippen molar-refractivity contribution in [2.24, 2.45) is 0 Å². The van der Waals surface area contributed by atoms with Crippen LogP contribution in [-0.4, -0.2) is 39.2 Å². The van der Waals surface area contributed by atoms with Gasteiger partial charge in [0.15, 0.2) is 0 Å². The Morgan fingerprint density at radius 3 is 2.48 bits per heavy atom. The number of benzene rings is 2. The van der Waals surface area contributed by atoms with E-state index in [1.165, 1.54) is 31.4 Å². The van der Waals surface area contributed by atoms with E-state index in [0.29, 0.717) is 11.4 Å². The summed E-state index contributed by atoms with van der Waals surface area (Å²) in [6.07, 6.45) is 0. The fourth-order valence-electron chi connectivity index (χ4n) is 2.65. The predicted molar refractivity (Wildman–Crippen MR) is 108 cm³/mol. The normalized spacial score (nSPS) is 12.5. The molecule has 0 saturated carbocycles. The summed E-state index contributed by atoms with van der Waals surface area (Å²) in [5.41, 5.74) is 1.81. The SMILES string of the molecule is COCC(C)NS(=O)(=O)c1ccc(NC(=O)c2cc(-c3ccccc3)no2)cc1. The number of nitrogens with zero attached hydrogens (tertiary/aromatic N) is 1. The zero-order valence-electron chi connectivity index (χ0n) is 16.0. The van der Waals surface area contributed by atoms with Gasteiger partial charge in [0, 0.05) is 30.5 Å².